The highest BCUT2D eigenvalue weighted by Gasteiger charge is 2.23. The van der Waals surface area contributed by atoms with Crippen LogP contribution < -0.4 is 10.5 Å². The van der Waals surface area contributed by atoms with E-state index in [1.807, 2.05) is 4.68 Å². The highest BCUT2D eigenvalue weighted by molar-refractivity contribution is 5.74. The molecule has 0 atom stereocenters. The Bertz CT molecular complexity index is 993. The van der Waals surface area contributed by atoms with Crippen LogP contribution in [0.15, 0.2) is 41.3 Å². The van der Waals surface area contributed by atoms with Gasteiger partial charge < -0.3 is 4.90 Å². The molecule has 1 N–H and O–H groups in total. The quantitative estimate of drug-likeness (QED) is 0.752. The lowest BCUT2D eigenvalue weighted by atomic mass is 10.1. The van der Waals surface area contributed by atoms with Crippen LogP contribution in [0.5, 0.6) is 0 Å². The number of benzene rings is 1. The van der Waals surface area contributed by atoms with Gasteiger partial charge in [0.15, 0.2) is 5.65 Å². The molecular formula is C21H28N6O. The minimum atomic E-state index is -0.226. The molecule has 0 saturated carbocycles. The Hall–Kier alpha value is -2.67. The Morgan fingerprint density at radius 2 is 1.79 bits per heavy atom. The van der Waals surface area contributed by atoms with Crippen molar-refractivity contribution in [3.63, 3.8) is 0 Å². The van der Waals surface area contributed by atoms with Gasteiger partial charge in [-0.15, -0.1) is 0 Å². The van der Waals surface area contributed by atoms with Crippen molar-refractivity contribution in [1.82, 2.24) is 24.6 Å². The van der Waals surface area contributed by atoms with E-state index >= 15 is 0 Å². The topological polar surface area (TPSA) is 70.1 Å². The summed E-state index contributed by atoms with van der Waals surface area (Å²) in [5.74, 6) is 0.645. The molecule has 7 nitrogen and oxygen atoms in total. The maximum Gasteiger partial charge on any atom is 0.263 e. The van der Waals surface area contributed by atoms with E-state index in [0.717, 1.165) is 39.1 Å². The molecular weight excluding hydrogens is 352 g/mol. The van der Waals surface area contributed by atoms with E-state index in [4.69, 9.17) is 4.98 Å². The first kappa shape index (κ1) is 18.7. The lowest BCUT2D eigenvalue weighted by Crippen LogP contribution is -2.47. The van der Waals surface area contributed by atoms with Gasteiger partial charge in [0.1, 0.15) is 5.39 Å². The molecule has 7 heteroatoms. The molecule has 1 aromatic carbocycles. The van der Waals surface area contributed by atoms with E-state index in [0.29, 0.717) is 17.0 Å². The molecule has 0 aliphatic carbocycles. The monoisotopic (exact) mass is 380 g/mol. The summed E-state index contributed by atoms with van der Waals surface area (Å²) in [6, 6.07) is 10.6. The van der Waals surface area contributed by atoms with Crippen LogP contribution in [-0.2, 0) is 12.0 Å². The van der Waals surface area contributed by atoms with Crippen LogP contribution >= 0.6 is 0 Å². The molecule has 3 heterocycles. The molecule has 1 aliphatic rings. The van der Waals surface area contributed by atoms with Gasteiger partial charge >= 0.3 is 0 Å². The summed E-state index contributed by atoms with van der Waals surface area (Å²) in [7, 11) is 0. The van der Waals surface area contributed by atoms with Crippen molar-refractivity contribution < 1.29 is 0 Å². The van der Waals surface area contributed by atoms with Crippen LogP contribution in [0.1, 0.15) is 26.3 Å². The van der Waals surface area contributed by atoms with Crippen LogP contribution in [0.3, 0.4) is 0 Å². The van der Waals surface area contributed by atoms with E-state index < -0.39 is 0 Å². The summed E-state index contributed by atoms with van der Waals surface area (Å²) in [5, 5.41) is 4.93. The fourth-order valence-corrected chi connectivity index (χ4v) is 3.66. The zero-order valence-electron chi connectivity index (χ0n) is 16.9. The number of anilines is 1. The Morgan fingerprint density at radius 1 is 1.07 bits per heavy atom. The number of fused-ring (bicyclic) bond motifs is 1. The molecule has 148 valence electrons. The van der Waals surface area contributed by atoms with E-state index in [1.165, 1.54) is 5.56 Å². The third-order valence-electron chi connectivity index (χ3n) is 5.29. The van der Waals surface area contributed by atoms with E-state index in [-0.39, 0.29) is 11.1 Å². The molecule has 4 rings (SSSR count). The van der Waals surface area contributed by atoms with Crippen molar-refractivity contribution in [2.75, 3.05) is 37.6 Å². The van der Waals surface area contributed by atoms with Gasteiger partial charge in [0.2, 0.25) is 5.95 Å². The minimum Gasteiger partial charge on any atom is -0.340 e. The molecule has 2 aromatic heterocycles. The van der Waals surface area contributed by atoms with Crippen LogP contribution in [-0.4, -0.2) is 57.4 Å². The van der Waals surface area contributed by atoms with Gasteiger partial charge in [0, 0.05) is 32.7 Å². The van der Waals surface area contributed by atoms with Gasteiger partial charge in [0.05, 0.1) is 11.7 Å². The average molecular weight is 380 g/mol. The average Bonchev–Trinajstić information content (AvgIpc) is 3.13. The van der Waals surface area contributed by atoms with E-state index in [9.17, 15) is 4.79 Å². The SMILES string of the molecule is CC(C)(C)n1ncc2c(=O)[nH]c(N3CCN(CCc4ccccc4)CC3)nc21. The molecule has 0 bridgehead atoms. The van der Waals surface area contributed by atoms with Gasteiger partial charge in [-0.05, 0) is 32.8 Å². The normalized spacial score (nSPS) is 16.0. The first-order valence-corrected chi connectivity index (χ1v) is 9.91. The van der Waals surface area contributed by atoms with Crippen LogP contribution in [0, 0.1) is 0 Å². The molecule has 28 heavy (non-hydrogen) atoms. The maximum atomic E-state index is 12.5. The zero-order chi connectivity index (χ0) is 19.7. The third-order valence-corrected chi connectivity index (χ3v) is 5.29. The first-order chi connectivity index (χ1) is 13.4. The van der Waals surface area contributed by atoms with E-state index in [2.05, 4.69) is 71.0 Å². The molecule has 0 unspecified atom stereocenters. The number of H-pyrrole nitrogens is 1. The Labute approximate surface area is 165 Å². The highest BCUT2D eigenvalue weighted by atomic mass is 16.1. The second-order valence-electron chi connectivity index (χ2n) is 8.42. The number of rotatable bonds is 4. The molecule has 0 spiro atoms. The molecule has 1 saturated heterocycles. The van der Waals surface area contributed by atoms with Crippen molar-refractivity contribution in [2.24, 2.45) is 0 Å². The Morgan fingerprint density at radius 3 is 2.46 bits per heavy atom. The second-order valence-corrected chi connectivity index (χ2v) is 8.42. The molecule has 0 radical (unpaired) electrons. The number of hydrogen-bond acceptors (Lipinski definition) is 5. The first-order valence-electron chi connectivity index (χ1n) is 9.91. The number of hydrogen-bond donors (Lipinski definition) is 1. The predicted octanol–water partition coefficient (Wildman–Crippen LogP) is 2.24. The van der Waals surface area contributed by atoms with Gasteiger partial charge in [-0.3, -0.25) is 14.7 Å². The molecule has 3 aromatic rings. The number of piperazine rings is 1. The number of nitrogens with one attached hydrogen (secondary N) is 1. The maximum absolute atomic E-state index is 12.5. The lowest BCUT2D eigenvalue weighted by Gasteiger charge is -2.35. The standard InChI is InChI=1S/C21H28N6O/c1-21(2,3)27-18-17(15-22-27)19(28)24-20(23-18)26-13-11-25(12-14-26)10-9-16-7-5-4-6-8-16/h4-8,15H,9-14H2,1-3H3,(H,23,24,28). The number of nitrogens with zero attached hydrogens (tertiary/aromatic N) is 5. The van der Waals surface area contributed by atoms with E-state index in [1.54, 1.807) is 6.20 Å². The lowest BCUT2D eigenvalue weighted by molar-refractivity contribution is 0.259. The number of aromatic amines is 1. The van der Waals surface area contributed by atoms with Crippen molar-refractivity contribution in [1.29, 1.82) is 0 Å². The van der Waals surface area contributed by atoms with Crippen molar-refractivity contribution in [2.45, 2.75) is 32.7 Å². The summed E-state index contributed by atoms with van der Waals surface area (Å²) < 4.78 is 1.83. The van der Waals surface area contributed by atoms with Crippen LogP contribution in [0.2, 0.25) is 0 Å². The molecule has 1 aliphatic heterocycles. The Balaban J connectivity index is 1.46. The summed E-state index contributed by atoms with van der Waals surface area (Å²) >= 11 is 0. The van der Waals surface area contributed by atoms with Crippen LogP contribution in [0.4, 0.5) is 5.95 Å². The van der Waals surface area contributed by atoms with Crippen molar-refractivity contribution in [3.05, 3.63) is 52.4 Å². The van der Waals surface area contributed by atoms with Gasteiger partial charge in [-0.25, -0.2) is 4.68 Å². The van der Waals surface area contributed by atoms with Crippen molar-refractivity contribution in [3.8, 4) is 0 Å². The fourth-order valence-electron chi connectivity index (χ4n) is 3.66. The summed E-state index contributed by atoms with van der Waals surface area (Å²) in [4.78, 5) is 24.9. The van der Waals surface area contributed by atoms with Gasteiger partial charge in [-0.1, -0.05) is 30.3 Å². The largest absolute Gasteiger partial charge is 0.340 e. The zero-order valence-corrected chi connectivity index (χ0v) is 16.9. The summed E-state index contributed by atoms with van der Waals surface area (Å²) in [6.45, 7) is 10.9. The molecule has 0 amide bonds. The third kappa shape index (κ3) is 3.80. The van der Waals surface area contributed by atoms with Gasteiger partial charge in [-0.2, -0.15) is 10.1 Å². The summed E-state index contributed by atoms with van der Waals surface area (Å²) in [5.41, 5.74) is 1.67. The number of aromatic nitrogens is 4. The van der Waals surface area contributed by atoms with Crippen molar-refractivity contribution >= 4 is 17.0 Å². The Kier molecular flexibility index (Phi) is 4.93. The van der Waals surface area contributed by atoms with Crippen LogP contribution in [0.25, 0.3) is 11.0 Å². The molecule has 1 fully saturated rings. The van der Waals surface area contributed by atoms with Gasteiger partial charge in [0.25, 0.3) is 5.56 Å². The second kappa shape index (κ2) is 7.39. The smallest absolute Gasteiger partial charge is 0.263 e. The highest BCUT2D eigenvalue weighted by Crippen LogP contribution is 2.20. The summed E-state index contributed by atoms with van der Waals surface area (Å²) in [6.07, 6.45) is 2.67. The minimum absolute atomic E-state index is 0.123. The predicted molar refractivity (Wildman–Crippen MR) is 112 cm³/mol. The fraction of sp³-hybridized carbons (Fsp3) is 0.476.